The van der Waals surface area contributed by atoms with Crippen molar-refractivity contribution in [3.8, 4) is 17.2 Å². The number of hydrogen-bond donors (Lipinski definition) is 2. The standard InChI is InChI=1S/C17H14O4/c1-21-16-4-2-3-13-14(16)8-11(17(13)20)7-10-5-6-12(18)9-15(10)19/h2-7,9,18-19H,8H2,1H3/b11-7+. The van der Waals surface area contributed by atoms with Crippen LogP contribution in [0.1, 0.15) is 21.5 Å². The zero-order valence-electron chi connectivity index (χ0n) is 11.5. The molecule has 4 heteroatoms. The third-order valence-corrected chi connectivity index (χ3v) is 3.60. The van der Waals surface area contributed by atoms with Crippen molar-refractivity contribution in [1.29, 1.82) is 0 Å². The molecule has 21 heavy (non-hydrogen) atoms. The fraction of sp³-hybridized carbons (Fsp3) is 0.118. The average molecular weight is 282 g/mol. The first-order valence-corrected chi connectivity index (χ1v) is 6.53. The Balaban J connectivity index is 2.03. The number of phenols is 2. The number of aromatic hydroxyl groups is 2. The van der Waals surface area contributed by atoms with Crippen molar-refractivity contribution >= 4 is 11.9 Å². The van der Waals surface area contributed by atoms with Crippen LogP contribution in [0.15, 0.2) is 42.0 Å². The zero-order chi connectivity index (χ0) is 15.0. The molecule has 0 atom stereocenters. The molecule has 0 saturated carbocycles. The Bertz CT molecular complexity index is 759. The molecule has 2 aromatic rings. The van der Waals surface area contributed by atoms with E-state index < -0.39 is 0 Å². The molecule has 0 unspecified atom stereocenters. The quantitative estimate of drug-likeness (QED) is 0.831. The minimum atomic E-state index is -0.0589. The van der Waals surface area contributed by atoms with Gasteiger partial charge in [-0.05, 0) is 24.3 Å². The Morgan fingerprint density at radius 1 is 1.19 bits per heavy atom. The maximum atomic E-state index is 12.4. The second-order valence-corrected chi connectivity index (χ2v) is 4.90. The lowest BCUT2D eigenvalue weighted by molar-refractivity contribution is 0.104. The van der Waals surface area contributed by atoms with E-state index in [1.165, 1.54) is 12.1 Å². The topological polar surface area (TPSA) is 66.8 Å². The molecule has 0 fully saturated rings. The largest absolute Gasteiger partial charge is 0.508 e. The number of fused-ring (bicyclic) bond motifs is 1. The predicted octanol–water partition coefficient (Wildman–Crippen LogP) is 2.93. The van der Waals surface area contributed by atoms with E-state index in [9.17, 15) is 15.0 Å². The van der Waals surface area contributed by atoms with Crippen LogP contribution in [0, 0.1) is 0 Å². The van der Waals surface area contributed by atoms with E-state index in [2.05, 4.69) is 0 Å². The number of phenolic OH excluding ortho intramolecular Hbond substituents is 2. The van der Waals surface area contributed by atoms with Gasteiger partial charge in [0.25, 0.3) is 0 Å². The van der Waals surface area contributed by atoms with E-state index in [1.807, 2.05) is 6.07 Å². The van der Waals surface area contributed by atoms with Crippen LogP contribution < -0.4 is 4.74 Å². The SMILES string of the molecule is COc1cccc2c1C/C(=C\c1ccc(O)cc1O)C2=O. The molecule has 4 nitrogen and oxygen atoms in total. The summed E-state index contributed by atoms with van der Waals surface area (Å²) in [7, 11) is 1.58. The molecule has 0 spiro atoms. The van der Waals surface area contributed by atoms with Crippen LogP contribution in [0.25, 0.3) is 6.08 Å². The van der Waals surface area contributed by atoms with Gasteiger partial charge in [0.15, 0.2) is 5.78 Å². The van der Waals surface area contributed by atoms with E-state index in [4.69, 9.17) is 4.74 Å². The number of carbonyl (C=O) groups is 1. The van der Waals surface area contributed by atoms with Crippen molar-refractivity contribution in [2.24, 2.45) is 0 Å². The lowest BCUT2D eigenvalue weighted by Crippen LogP contribution is -1.95. The van der Waals surface area contributed by atoms with Crippen LogP contribution in [0.5, 0.6) is 17.2 Å². The average Bonchev–Trinajstić information content (AvgIpc) is 2.79. The van der Waals surface area contributed by atoms with Crippen molar-refractivity contribution in [2.45, 2.75) is 6.42 Å². The molecule has 106 valence electrons. The second-order valence-electron chi connectivity index (χ2n) is 4.90. The fourth-order valence-electron chi connectivity index (χ4n) is 2.55. The number of carbonyl (C=O) groups excluding carboxylic acids is 1. The van der Waals surface area contributed by atoms with Gasteiger partial charge in [0.2, 0.25) is 0 Å². The van der Waals surface area contributed by atoms with Crippen LogP contribution in [0.4, 0.5) is 0 Å². The maximum Gasteiger partial charge on any atom is 0.189 e. The van der Waals surface area contributed by atoms with Gasteiger partial charge in [-0.15, -0.1) is 0 Å². The molecule has 0 aromatic heterocycles. The summed E-state index contributed by atoms with van der Waals surface area (Å²) in [4.78, 5) is 12.4. The summed E-state index contributed by atoms with van der Waals surface area (Å²) in [5.41, 5.74) is 2.60. The normalized spacial score (nSPS) is 15.3. The van der Waals surface area contributed by atoms with Crippen LogP contribution in [-0.2, 0) is 6.42 Å². The van der Waals surface area contributed by atoms with Crippen LogP contribution in [-0.4, -0.2) is 23.1 Å². The zero-order valence-corrected chi connectivity index (χ0v) is 11.5. The summed E-state index contributed by atoms with van der Waals surface area (Å²) in [5.74, 6) is 0.561. The molecule has 3 rings (SSSR count). The minimum Gasteiger partial charge on any atom is -0.508 e. The summed E-state index contributed by atoms with van der Waals surface area (Å²) in [6.45, 7) is 0. The molecule has 0 aliphatic heterocycles. The van der Waals surface area contributed by atoms with E-state index in [-0.39, 0.29) is 17.3 Å². The third kappa shape index (κ3) is 2.25. The highest BCUT2D eigenvalue weighted by atomic mass is 16.5. The van der Waals surface area contributed by atoms with Crippen molar-refractivity contribution in [3.63, 3.8) is 0 Å². The Morgan fingerprint density at radius 2 is 2.00 bits per heavy atom. The number of ketones is 1. The number of rotatable bonds is 2. The molecule has 2 N–H and O–H groups in total. The molecule has 2 aromatic carbocycles. The number of Topliss-reactive ketones (excluding diaryl/α,β-unsaturated/α-hetero) is 1. The van der Waals surface area contributed by atoms with Crippen LogP contribution in [0.3, 0.4) is 0 Å². The predicted molar refractivity (Wildman–Crippen MR) is 78.8 cm³/mol. The highest BCUT2D eigenvalue weighted by Gasteiger charge is 2.27. The van der Waals surface area contributed by atoms with E-state index >= 15 is 0 Å². The van der Waals surface area contributed by atoms with Crippen molar-refractivity contribution in [1.82, 2.24) is 0 Å². The summed E-state index contributed by atoms with van der Waals surface area (Å²) in [6.07, 6.45) is 2.12. The van der Waals surface area contributed by atoms with Gasteiger partial charge in [-0.25, -0.2) is 0 Å². The highest BCUT2D eigenvalue weighted by molar-refractivity contribution is 6.16. The molecule has 0 bridgehead atoms. The molecule has 0 saturated heterocycles. The molecule has 1 aliphatic carbocycles. The van der Waals surface area contributed by atoms with Crippen molar-refractivity contribution < 1.29 is 19.7 Å². The van der Waals surface area contributed by atoms with Gasteiger partial charge in [0.05, 0.1) is 7.11 Å². The van der Waals surface area contributed by atoms with Gasteiger partial charge in [0.1, 0.15) is 17.2 Å². The smallest absolute Gasteiger partial charge is 0.189 e. The summed E-state index contributed by atoms with van der Waals surface area (Å²) < 4.78 is 5.28. The monoisotopic (exact) mass is 282 g/mol. The number of hydrogen-bond acceptors (Lipinski definition) is 4. The molecule has 0 radical (unpaired) electrons. The van der Waals surface area contributed by atoms with E-state index in [0.29, 0.717) is 28.9 Å². The Labute approximate surface area is 121 Å². The third-order valence-electron chi connectivity index (χ3n) is 3.60. The molecule has 0 amide bonds. The van der Waals surface area contributed by atoms with E-state index in [1.54, 1.807) is 31.4 Å². The van der Waals surface area contributed by atoms with Gasteiger partial charge >= 0.3 is 0 Å². The molecule has 1 aliphatic rings. The van der Waals surface area contributed by atoms with Crippen LogP contribution >= 0.6 is 0 Å². The first-order chi connectivity index (χ1) is 10.1. The van der Waals surface area contributed by atoms with Gasteiger partial charge < -0.3 is 14.9 Å². The van der Waals surface area contributed by atoms with Gasteiger partial charge in [-0.3, -0.25) is 4.79 Å². The number of benzene rings is 2. The Kier molecular flexibility index (Phi) is 3.14. The number of ether oxygens (including phenoxy) is 1. The number of methoxy groups -OCH3 is 1. The van der Waals surface area contributed by atoms with Crippen molar-refractivity contribution in [3.05, 3.63) is 58.7 Å². The van der Waals surface area contributed by atoms with Gasteiger partial charge in [-0.2, -0.15) is 0 Å². The maximum absolute atomic E-state index is 12.4. The van der Waals surface area contributed by atoms with Gasteiger partial charge in [-0.1, -0.05) is 12.1 Å². The fourth-order valence-corrected chi connectivity index (χ4v) is 2.55. The van der Waals surface area contributed by atoms with Gasteiger partial charge in [0, 0.05) is 34.8 Å². The first kappa shape index (κ1) is 13.2. The summed E-state index contributed by atoms with van der Waals surface area (Å²) in [5, 5.41) is 19.1. The van der Waals surface area contributed by atoms with Crippen molar-refractivity contribution in [2.75, 3.05) is 7.11 Å². The van der Waals surface area contributed by atoms with E-state index in [0.717, 1.165) is 5.56 Å². The molecule has 0 heterocycles. The van der Waals surface area contributed by atoms with Crippen LogP contribution in [0.2, 0.25) is 0 Å². The second kappa shape index (κ2) is 4.98. The minimum absolute atomic E-state index is 0.0163. The Morgan fingerprint density at radius 3 is 2.71 bits per heavy atom. The lowest BCUT2D eigenvalue weighted by atomic mass is 10.1. The summed E-state index contributed by atoms with van der Waals surface area (Å²) in [6, 6.07) is 9.69. The lowest BCUT2D eigenvalue weighted by Gasteiger charge is -2.04. The first-order valence-electron chi connectivity index (χ1n) is 6.53. The Hall–Kier alpha value is -2.75. The molecular formula is C17H14O4. The summed E-state index contributed by atoms with van der Waals surface area (Å²) >= 11 is 0. The highest BCUT2D eigenvalue weighted by Crippen LogP contribution is 2.35. The number of allylic oxidation sites excluding steroid dienone is 1. The molecular weight excluding hydrogens is 268 g/mol.